The van der Waals surface area contributed by atoms with Crippen LogP contribution in [0.3, 0.4) is 0 Å². The first-order valence-corrected chi connectivity index (χ1v) is 7.37. The van der Waals surface area contributed by atoms with E-state index in [0.29, 0.717) is 31.7 Å². The van der Waals surface area contributed by atoms with Crippen LogP contribution in [0.2, 0.25) is 0 Å². The van der Waals surface area contributed by atoms with E-state index in [2.05, 4.69) is 10.00 Å². The van der Waals surface area contributed by atoms with Crippen LogP contribution < -0.4 is 0 Å². The van der Waals surface area contributed by atoms with Gasteiger partial charge in [-0.25, -0.2) is 9.07 Å². The van der Waals surface area contributed by atoms with Crippen LogP contribution >= 0.6 is 0 Å². The summed E-state index contributed by atoms with van der Waals surface area (Å²) in [6.07, 6.45) is 3.25. The van der Waals surface area contributed by atoms with E-state index in [4.69, 9.17) is 0 Å². The average Bonchev–Trinajstić information content (AvgIpc) is 2.92. The zero-order valence-electron chi connectivity index (χ0n) is 12.5. The van der Waals surface area contributed by atoms with E-state index in [0.717, 1.165) is 5.56 Å². The minimum atomic E-state index is -1.02. The van der Waals surface area contributed by atoms with Crippen LogP contribution in [-0.4, -0.2) is 49.7 Å². The standard InChI is InChI=1S/C16H20FN3O2/c1-16(22)6-7-19(11-15(16)21)9-12-8-18-20(10-12)14-5-3-2-4-13(14)17/h2-5,8,10,15,21-22H,6-7,9,11H2,1H3/t15-,16-/m0/s1. The van der Waals surface area contributed by atoms with E-state index >= 15 is 0 Å². The molecule has 3 rings (SSSR count). The van der Waals surface area contributed by atoms with Crippen molar-refractivity contribution in [3.05, 3.63) is 48.0 Å². The van der Waals surface area contributed by atoms with Gasteiger partial charge in [-0.3, -0.25) is 4.90 Å². The second-order valence-corrected chi connectivity index (χ2v) is 6.10. The molecule has 5 nitrogen and oxygen atoms in total. The highest BCUT2D eigenvalue weighted by Gasteiger charge is 2.36. The van der Waals surface area contributed by atoms with E-state index < -0.39 is 11.7 Å². The predicted octanol–water partition coefficient (Wildman–Crippen LogP) is 1.33. The van der Waals surface area contributed by atoms with Gasteiger partial charge in [-0.15, -0.1) is 0 Å². The lowest BCUT2D eigenvalue weighted by atomic mass is 9.91. The lowest BCUT2D eigenvalue weighted by Crippen LogP contribution is -2.53. The summed E-state index contributed by atoms with van der Waals surface area (Å²) in [5, 5.41) is 24.1. The maximum Gasteiger partial charge on any atom is 0.148 e. The molecule has 0 saturated carbocycles. The molecule has 1 aromatic carbocycles. The molecule has 1 aliphatic heterocycles. The van der Waals surface area contributed by atoms with Gasteiger partial charge in [0.1, 0.15) is 11.5 Å². The number of halogens is 1. The normalized spacial score (nSPS) is 26.3. The largest absolute Gasteiger partial charge is 0.389 e. The number of hydrogen-bond acceptors (Lipinski definition) is 4. The number of para-hydroxylation sites is 1. The zero-order valence-corrected chi connectivity index (χ0v) is 12.5. The fourth-order valence-electron chi connectivity index (χ4n) is 2.70. The lowest BCUT2D eigenvalue weighted by molar-refractivity contribution is -0.108. The number of aliphatic hydroxyl groups is 2. The molecule has 2 heterocycles. The monoisotopic (exact) mass is 305 g/mol. The van der Waals surface area contributed by atoms with Crippen LogP contribution in [0, 0.1) is 5.82 Å². The van der Waals surface area contributed by atoms with Crippen LogP contribution in [0.1, 0.15) is 18.9 Å². The number of benzene rings is 1. The molecule has 0 unspecified atom stereocenters. The molecule has 1 aromatic heterocycles. The van der Waals surface area contributed by atoms with Crippen molar-refractivity contribution in [2.75, 3.05) is 13.1 Å². The maximum atomic E-state index is 13.7. The third kappa shape index (κ3) is 3.04. The lowest BCUT2D eigenvalue weighted by Gasteiger charge is -2.39. The summed E-state index contributed by atoms with van der Waals surface area (Å²) in [6, 6.07) is 6.49. The first kappa shape index (κ1) is 15.1. The summed E-state index contributed by atoms with van der Waals surface area (Å²) in [7, 11) is 0. The molecular formula is C16H20FN3O2. The number of rotatable bonds is 3. The first-order valence-electron chi connectivity index (χ1n) is 7.37. The number of likely N-dealkylation sites (tertiary alicyclic amines) is 1. The van der Waals surface area contributed by atoms with Gasteiger partial charge < -0.3 is 10.2 Å². The van der Waals surface area contributed by atoms with Crippen LogP contribution in [0.15, 0.2) is 36.7 Å². The highest BCUT2D eigenvalue weighted by Crippen LogP contribution is 2.23. The van der Waals surface area contributed by atoms with Crippen LogP contribution in [0.4, 0.5) is 4.39 Å². The fourth-order valence-corrected chi connectivity index (χ4v) is 2.70. The molecule has 2 atom stereocenters. The Balaban J connectivity index is 1.69. The van der Waals surface area contributed by atoms with Crippen LogP contribution in [-0.2, 0) is 6.54 Å². The minimum absolute atomic E-state index is 0.318. The van der Waals surface area contributed by atoms with Gasteiger partial charge in [-0.05, 0) is 25.5 Å². The zero-order chi connectivity index (χ0) is 15.7. The summed E-state index contributed by atoms with van der Waals surface area (Å²) in [6.45, 7) is 3.39. The van der Waals surface area contributed by atoms with Gasteiger partial charge >= 0.3 is 0 Å². The predicted molar refractivity (Wildman–Crippen MR) is 80.0 cm³/mol. The quantitative estimate of drug-likeness (QED) is 0.898. The number of aliphatic hydroxyl groups excluding tert-OH is 1. The van der Waals surface area contributed by atoms with E-state index in [-0.39, 0.29) is 5.82 Å². The topological polar surface area (TPSA) is 61.5 Å². The molecule has 1 saturated heterocycles. The van der Waals surface area contributed by atoms with Crippen molar-refractivity contribution in [3.63, 3.8) is 0 Å². The van der Waals surface area contributed by atoms with Crippen molar-refractivity contribution in [2.45, 2.75) is 31.6 Å². The molecule has 22 heavy (non-hydrogen) atoms. The molecule has 0 bridgehead atoms. The molecular weight excluding hydrogens is 285 g/mol. The Bertz CT molecular complexity index is 656. The minimum Gasteiger partial charge on any atom is -0.389 e. The van der Waals surface area contributed by atoms with Crippen LogP contribution in [0.5, 0.6) is 0 Å². The fraction of sp³-hybridized carbons (Fsp3) is 0.438. The number of nitrogens with zero attached hydrogens (tertiary/aromatic N) is 3. The van der Waals surface area contributed by atoms with E-state index in [9.17, 15) is 14.6 Å². The van der Waals surface area contributed by atoms with Crippen molar-refractivity contribution >= 4 is 0 Å². The Morgan fingerprint density at radius 3 is 2.91 bits per heavy atom. The summed E-state index contributed by atoms with van der Waals surface area (Å²) < 4.78 is 15.3. The Morgan fingerprint density at radius 2 is 2.18 bits per heavy atom. The second-order valence-electron chi connectivity index (χ2n) is 6.10. The Kier molecular flexibility index (Phi) is 3.99. The third-order valence-electron chi connectivity index (χ3n) is 4.22. The molecule has 0 radical (unpaired) electrons. The van der Waals surface area contributed by atoms with Crippen molar-refractivity contribution in [3.8, 4) is 5.69 Å². The van der Waals surface area contributed by atoms with Gasteiger partial charge in [-0.1, -0.05) is 12.1 Å². The van der Waals surface area contributed by atoms with Gasteiger partial charge in [0.2, 0.25) is 0 Å². The van der Waals surface area contributed by atoms with Gasteiger partial charge in [0.15, 0.2) is 0 Å². The third-order valence-corrected chi connectivity index (χ3v) is 4.22. The molecule has 0 amide bonds. The molecule has 118 valence electrons. The second kappa shape index (κ2) is 5.79. The van der Waals surface area contributed by atoms with Crippen molar-refractivity contribution in [1.29, 1.82) is 0 Å². The van der Waals surface area contributed by atoms with Gasteiger partial charge in [-0.2, -0.15) is 5.10 Å². The van der Waals surface area contributed by atoms with E-state index in [1.165, 1.54) is 10.7 Å². The summed E-state index contributed by atoms with van der Waals surface area (Å²) in [4.78, 5) is 2.06. The molecule has 6 heteroatoms. The maximum absolute atomic E-state index is 13.7. The molecule has 2 N–H and O–H groups in total. The van der Waals surface area contributed by atoms with Crippen LogP contribution in [0.25, 0.3) is 5.69 Å². The van der Waals surface area contributed by atoms with Gasteiger partial charge in [0.25, 0.3) is 0 Å². The number of β-amino-alcohol motifs (C(OH)–C–C–N with tert-alkyl or cyclic N) is 1. The van der Waals surface area contributed by atoms with Crippen molar-refractivity contribution in [1.82, 2.24) is 14.7 Å². The highest BCUT2D eigenvalue weighted by atomic mass is 19.1. The molecule has 0 aliphatic carbocycles. The number of aromatic nitrogens is 2. The highest BCUT2D eigenvalue weighted by molar-refractivity contribution is 5.32. The average molecular weight is 305 g/mol. The van der Waals surface area contributed by atoms with Crippen molar-refractivity contribution in [2.24, 2.45) is 0 Å². The Labute approximate surface area is 128 Å². The summed E-state index contributed by atoms with van der Waals surface area (Å²) >= 11 is 0. The molecule has 1 aliphatic rings. The first-order chi connectivity index (χ1) is 10.5. The Morgan fingerprint density at radius 1 is 1.41 bits per heavy atom. The van der Waals surface area contributed by atoms with E-state index in [1.54, 1.807) is 37.5 Å². The number of piperidine rings is 1. The number of hydrogen-bond donors (Lipinski definition) is 2. The molecule has 0 spiro atoms. The van der Waals surface area contributed by atoms with E-state index in [1.807, 2.05) is 0 Å². The molecule has 1 fully saturated rings. The SMILES string of the molecule is C[C@]1(O)CCN(Cc2cnn(-c3ccccc3F)c2)C[C@@H]1O. The summed E-state index contributed by atoms with van der Waals surface area (Å²) in [5.74, 6) is -0.318. The summed E-state index contributed by atoms with van der Waals surface area (Å²) in [5.41, 5.74) is 0.334. The van der Waals surface area contributed by atoms with Gasteiger partial charge in [0, 0.05) is 31.4 Å². The molecule has 2 aromatic rings. The smallest absolute Gasteiger partial charge is 0.148 e. The Hall–Kier alpha value is -1.76. The van der Waals surface area contributed by atoms with Crippen molar-refractivity contribution < 1.29 is 14.6 Å². The van der Waals surface area contributed by atoms with Gasteiger partial charge in [0.05, 0.1) is 17.9 Å².